The van der Waals surface area contributed by atoms with E-state index in [0.29, 0.717) is 12.5 Å². The van der Waals surface area contributed by atoms with Crippen molar-refractivity contribution in [2.24, 2.45) is 0 Å². The average Bonchev–Trinajstić information content (AvgIpc) is 2.38. The molecule has 1 fully saturated rings. The predicted molar refractivity (Wildman–Crippen MR) is 68.7 cm³/mol. The van der Waals surface area contributed by atoms with Crippen LogP contribution in [0.1, 0.15) is 31.9 Å². The molecule has 1 aliphatic rings. The number of nitrogens with one attached hydrogen (secondary N) is 1. The molecule has 1 saturated heterocycles. The number of piperazine rings is 1. The first-order valence-corrected chi connectivity index (χ1v) is 6.30. The van der Waals surface area contributed by atoms with Crippen molar-refractivity contribution in [2.45, 2.75) is 32.4 Å². The second-order valence-electron chi connectivity index (χ2n) is 4.64. The highest BCUT2D eigenvalue weighted by Crippen LogP contribution is 2.24. The van der Waals surface area contributed by atoms with Gasteiger partial charge in [0.25, 0.3) is 0 Å². The number of rotatable bonds is 2. The third-order valence-corrected chi connectivity index (χ3v) is 3.31. The van der Waals surface area contributed by atoms with E-state index in [9.17, 15) is 4.79 Å². The zero-order chi connectivity index (χ0) is 12.3. The Hall–Kier alpha value is -1.35. The summed E-state index contributed by atoms with van der Waals surface area (Å²) in [6.45, 7) is 5.69. The molecular formula is C14H20N2O. The van der Waals surface area contributed by atoms with Crippen molar-refractivity contribution in [3.05, 3.63) is 35.9 Å². The lowest BCUT2D eigenvalue weighted by atomic mass is 10.0. The molecule has 0 saturated carbocycles. The fraction of sp³-hybridized carbons (Fsp3) is 0.500. The van der Waals surface area contributed by atoms with Gasteiger partial charge in [-0.3, -0.25) is 4.79 Å². The van der Waals surface area contributed by atoms with E-state index in [1.165, 1.54) is 5.56 Å². The maximum atomic E-state index is 12.0. The van der Waals surface area contributed by atoms with E-state index < -0.39 is 0 Å². The summed E-state index contributed by atoms with van der Waals surface area (Å²) in [6, 6.07) is 10.8. The number of carbonyl (C=O) groups excluding carboxylic acids is 1. The third kappa shape index (κ3) is 2.67. The van der Waals surface area contributed by atoms with Crippen molar-refractivity contribution in [3.8, 4) is 0 Å². The molecule has 17 heavy (non-hydrogen) atoms. The van der Waals surface area contributed by atoms with Gasteiger partial charge in [-0.1, -0.05) is 37.3 Å². The number of amides is 1. The zero-order valence-electron chi connectivity index (χ0n) is 10.5. The molecule has 1 heterocycles. The summed E-state index contributed by atoms with van der Waals surface area (Å²) in [5, 5.41) is 3.45. The van der Waals surface area contributed by atoms with Gasteiger partial charge >= 0.3 is 0 Å². The number of hydrogen-bond donors (Lipinski definition) is 1. The summed E-state index contributed by atoms with van der Waals surface area (Å²) in [6.07, 6.45) is 0.579. The smallest absolute Gasteiger partial charge is 0.222 e. The highest BCUT2D eigenvalue weighted by atomic mass is 16.2. The Kier molecular flexibility index (Phi) is 3.79. The molecule has 0 spiro atoms. The van der Waals surface area contributed by atoms with Crippen molar-refractivity contribution >= 4 is 5.91 Å². The minimum atomic E-state index is 0.180. The normalized spacial score (nSPS) is 24.7. The molecule has 1 N–H and O–H groups in total. The lowest BCUT2D eigenvalue weighted by Gasteiger charge is -2.39. The minimum absolute atomic E-state index is 0.180. The molecule has 1 aliphatic heterocycles. The molecule has 0 radical (unpaired) electrons. The minimum Gasteiger partial charge on any atom is -0.333 e. The van der Waals surface area contributed by atoms with E-state index in [4.69, 9.17) is 0 Å². The molecular weight excluding hydrogens is 212 g/mol. The highest BCUT2D eigenvalue weighted by molar-refractivity contribution is 5.76. The van der Waals surface area contributed by atoms with Crippen LogP contribution in [0, 0.1) is 0 Å². The second kappa shape index (κ2) is 5.32. The zero-order valence-corrected chi connectivity index (χ0v) is 10.5. The summed E-state index contributed by atoms with van der Waals surface area (Å²) in [5.41, 5.74) is 1.22. The summed E-state index contributed by atoms with van der Waals surface area (Å²) in [7, 11) is 0. The van der Waals surface area contributed by atoms with Gasteiger partial charge in [0.1, 0.15) is 0 Å². The van der Waals surface area contributed by atoms with Crippen molar-refractivity contribution in [1.29, 1.82) is 0 Å². The fourth-order valence-corrected chi connectivity index (χ4v) is 2.36. The molecule has 92 valence electrons. The molecule has 3 nitrogen and oxygen atoms in total. The summed E-state index contributed by atoms with van der Waals surface area (Å²) in [4.78, 5) is 14.0. The van der Waals surface area contributed by atoms with Crippen LogP contribution in [0.3, 0.4) is 0 Å². The van der Waals surface area contributed by atoms with E-state index in [1.54, 1.807) is 0 Å². The van der Waals surface area contributed by atoms with E-state index in [2.05, 4.69) is 24.4 Å². The Morgan fingerprint density at radius 1 is 1.41 bits per heavy atom. The molecule has 0 aliphatic carbocycles. The molecule has 1 aromatic carbocycles. The predicted octanol–water partition coefficient (Wildman–Crippen LogP) is 1.96. The molecule has 0 aromatic heterocycles. The van der Waals surface area contributed by atoms with Crippen molar-refractivity contribution < 1.29 is 4.79 Å². The standard InChI is InChI=1S/C14H20N2O/c1-3-14(17)16-10-11(2)15-9-13(16)12-7-5-4-6-8-12/h4-8,11,13,15H,3,9-10H2,1-2H3. The van der Waals surface area contributed by atoms with E-state index in [1.807, 2.05) is 30.0 Å². The maximum Gasteiger partial charge on any atom is 0.222 e. The van der Waals surface area contributed by atoms with Gasteiger partial charge in [0.15, 0.2) is 0 Å². The van der Waals surface area contributed by atoms with Crippen LogP contribution < -0.4 is 5.32 Å². The topological polar surface area (TPSA) is 32.3 Å². The fourth-order valence-electron chi connectivity index (χ4n) is 2.36. The first-order chi connectivity index (χ1) is 8.22. The summed E-state index contributed by atoms with van der Waals surface area (Å²) >= 11 is 0. The Morgan fingerprint density at radius 3 is 2.76 bits per heavy atom. The van der Waals surface area contributed by atoms with Gasteiger partial charge in [0.05, 0.1) is 6.04 Å². The van der Waals surface area contributed by atoms with E-state index in [0.717, 1.165) is 13.1 Å². The van der Waals surface area contributed by atoms with E-state index in [-0.39, 0.29) is 11.9 Å². The van der Waals surface area contributed by atoms with Crippen LogP contribution in [0.2, 0.25) is 0 Å². The van der Waals surface area contributed by atoms with Crippen molar-refractivity contribution in [3.63, 3.8) is 0 Å². The monoisotopic (exact) mass is 232 g/mol. The average molecular weight is 232 g/mol. The number of benzene rings is 1. The van der Waals surface area contributed by atoms with Gasteiger partial charge in [0, 0.05) is 25.6 Å². The van der Waals surface area contributed by atoms with Crippen LogP contribution in [-0.2, 0) is 4.79 Å². The van der Waals surface area contributed by atoms with E-state index >= 15 is 0 Å². The Morgan fingerprint density at radius 2 is 2.12 bits per heavy atom. The van der Waals surface area contributed by atoms with Crippen molar-refractivity contribution in [1.82, 2.24) is 10.2 Å². The maximum absolute atomic E-state index is 12.0. The van der Waals surface area contributed by atoms with Crippen molar-refractivity contribution in [2.75, 3.05) is 13.1 Å². The SMILES string of the molecule is CCC(=O)N1CC(C)NCC1c1ccccc1. The summed E-state index contributed by atoms with van der Waals surface area (Å²) < 4.78 is 0. The van der Waals surface area contributed by atoms with Crippen LogP contribution in [-0.4, -0.2) is 29.9 Å². The molecule has 2 unspecified atom stereocenters. The Bertz CT molecular complexity index is 377. The van der Waals surface area contributed by atoms with Crippen LogP contribution in [0.15, 0.2) is 30.3 Å². The van der Waals surface area contributed by atoms with Crippen LogP contribution in [0.25, 0.3) is 0 Å². The molecule has 3 heteroatoms. The van der Waals surface area contributed by atoms with Gasteiger partial charge in [-0.2, -0.15) is 0 Å². The Labute approximate surface area is 103 Å². The third-order valence-electron chi connectivity index (χ3n) is 3.31. The molecule has 0 bridgehead atoms. The lowest BCUT2D eigenvalue weighted by molar-refractivity contribution is -0.134. The first-order valence-electron chi connectivity index (χ1n) is 6.30. The highest BCUT2D eigenvalue weighted by Gasteiger charge is 2.29. The van der Waals surface area contributed by atoms with Gasteiger partial charge < -0.3 is 10.2 Å². The van der Waals surface area contributed by atoms with Crippen LogP contribution >= 0.6 is 0 Å². The molecule has 2 atom stereocenters. The molecule has 2 rings (SSSR count). The van der Waals surface area contributed by atoms with Gasteiger partial charge in [-0.25, -0.2) is 0 Å². The number of nitrogens with zero attached hydrogens (tertiary/aromatic N) is 1. The molecule has 1 aromatic rings. The first kappa shape index (κ1) is 12.1. The van der Waals surface area contributed by atoms with Crippen LogP contribution in [0.4, 0.5) is 0 Å². The van der Waals surface area contributed by atoms with Crippen LogP contribution in [0.5, 0.6) is 0 Å². The quantitative estimate of drug-likeness (QED) is 0.845. The largest absolute Gasteiger partial charge is 0.333 e. The Balaban J connectivity index is 2.22. The second-order valence-corrected chi connectivity index (χ2v) is 4.64. The van der Waals surface area contributed by atoms with Gasteiger partial charge in [-0.05, 0) is 12.5 Å². The number of hydrogen-bond acceptors (Lipinski definition) is 2. The van der Waals surface area contributed by atoms with Gasteiger partial charge in [-0.15, -0.1) is 0 Å². The van der Waals surface area contributed by atoms with Gasteiger partial charge in [0.2, 0.25) is 5.91 Å². The lowest BCUT2D eigenvalue weighted by Crippen LogP contribution is -2.52. The summed E-state index contributed by atoms with van der Waals surface area (Å²) in [5.74, 6) is 0.243. The molecule has 1 amide bonds. The number of carbonyl (C=O) groups is 1.